The summed E-state index contributed by atoms with van der Waals surface area (Å²) in [5.74, 6) is 0.844. The van der Waals surface area contributed by atoms with Crippen LogP contribution in [0.1, 0.15) is 50.2 Å². The van der Waals surface area contributed by atoms with Gasteiger partial charge in [-0.25, -0.2) is 4.98 Å². The predicted molar refractivity (Wildman–Crippen MR) is 107 cm³/mol. The third-order valence-corrected chi connectivity index (χ3v) is 6.53. The summed E-state index contributed by atoms with van der Waals surface area (Å²) in [5.41, 5.74) is 7.39. The Labute approximate surface area is 160 Å². The molecule has 1 heterocycles. The number of carbonyl (C=O) groups excluding carboxylic acids is 1. The topological polar surface area (TPSA) is 77.2 Å². The van der Waals surface area contributed by atoms with Crippen LogP contribution in [0.3, 0.4) is 0 Å². The summed E-state index contributed by atoms with van der Waals surface area (Å²) in [5, 5.41) is 4.09. The SMILES string of the molecule is CCC(CC)(CN)C(=O)NC(C)c1sc(-c2ccc(OC)cc2)nc1C. The fourth-order valence-electron chi connectivity index (χ4n) is 3.03. The van der Waals surface area contributed by atoms with Crippen molar-refractivity contribution in [1.82, 2.24) is 10.3 Å². The monoisotopic (exact) mass is 375 g/mol. The molecule has 0 aliphatic heterocycles. The van der Waals surface area contributed by atoms with Gasteiger partial charge in [0.1, 0.15) is 10.8 Å². The second-order valence-electron chi connectivity index (χ2n) is 6.58. The molecule has 1 atom stereocenters. The van der Waals surface area contributed by atoms with E-state index in [9.17, 15) is 4.79 Å². The number of benzene rings is 1. The third kappa shape index (κ3) is 4.07. The first kappa shape index (κ1) is 20.4. The summed E-state index contributed by atoms with van der Waals surface area (Å²) >= 11 is 1.61. The number of aromatic nitrogens is 1. The maximum atomic E-state index is 12.8. The Balaban J connectivity index is 2.20. The number of nitrogens with two attached hydrogens (primary N) is 1. The third-order valence-electron chi connectivity index (χ3n) is 5.14. The number of hydrogen-bond donors (Lipinski definition) is 2. The molecule has 142 valence electrons. The molecule has 0 saturated heterocycles. The summed E-state index contributed by atoms with van der Waals surface area (Å²) in [7, 11) is 1.65. The smallest absolute Gasteiger partial charge is 0.227 e. The molecule has 26 heavy (non-hydrogen) atoms. The highest BCUT2D eigenvalue weighted by atomic mass is 32.1. The van der Waals surface area contributed by atoms with Crippen molar-refractivity contribution in [1.29, 1.82) is 0 Å². The van der Waals surface area contributed by atoms with Crippen molar-refractivity contribution < 1.29 is 9.53 Å². The summed E-state index contributed by atoms with van der Waals surface area (Å²) < 4.78 is 5.20. The molecule has 0 spiro atoms. The van der Waals surface area contributed by atoms with E-state index < -0.39 is 5.41 Å². The molecule has 0 aliphatic carbocycles. The lowest BCUT2D eigenvalue weighted by Gasteiger charge is -2.30. The van der Waals surface area contributed by atoms with Crippen LogP contribution in [-0.2, 0) is 4.79 Å². The average Bonchev–Trinajstić information content (AvgIpc) is 3.05. The van der Waals surface area contributed by atoms with Crippen LogP contribution in [0.4, 0.5) is 0 Å². The standard InChI is InChI=1S/C20H29N3O2S/c1-6-20(7-2,12-21)19(24)23-14(4)17-13(3)22-18(26-17)15-8-10-16(25-5)11-9-15/h8-11,14H,6-7,12,21H2,1-5H3,(H,23,24). The summed E-state index contributed by atoms with van der Waals surface area (Å²) in [4.78, 5) is 18.5. The van der Waals surface area contributed by atoms with Crippen molar-refractivity contribution >= 4 is 17.2 Å². The van der Waals surface area contributed by atoms with E-state index in [4.69, 9.17) is 10.5 Å². The predicted octanol–water partition coefficient (Wildman–Crippen LogP) is 4.07. The molecule has 0 bridgehead atoms. The second kappa shape index (κ2) is 8.64. The van der Waals surface area contributed by atoms with Crippen LogP contribution in [0, 0.1) is 12.3 Å². The molecule has 6 heteroatoms. The van der Waals surface area contributed by atoms with Crippen LogP contribution in [0.25, 0.3) is 10.6 Å². The maximum Gasteiger partial charge on any atom is 0.227 e. The van der Waals surface area contributed by atoms with Crippen LogP contribution in [0.5, 0.6) is 5.75 Å². The molecule has 1 amide bonds. The van der Waals surface area contributed by atoms with E-state index >= 15 is 0 Å². The van der Waals surface area contributed by atoms with Gasteiger partial charge in [0.25, 0.3) is 0 Å². The quantitative estimate of drug-likeness (QED) is 0.729. The number of rotatable bonds is 8. The van der Waals surface area contributed by atoms with Gasteiger partial charge >= 0.3 is 0 Å². The van der Waals surface area contributed by atoms with Gasteiger partial charge < -0.3 is 15.8 Å². The number of methoxy groups -OCH3 is 1. The molecule has 1 aromatic heterocycles. The minimum Gasteiger partial charge on any atom is -0.497 e. The zero-order valence-corrected chi connectivity index (χ0v) is 17.1. The molecule has 1 aromatic carbocycles. The fraction of sp³-hybridized carbons (Fsp3) is 0.500. The Morgan fingerprint density at radius 2 is 1.92 bits per heavy atom. The van der Waals surface area contributed by atoms with Crippen LogP contribution >= 0.6 is 11.3 Å². The first-order valence-electron chi connectivity index (χ1n) is 9.03. The first-order chi connectivity index (χ1) is 12.4. The van der Waals surface area contributed by atoms with Crippen molar-refractivity contribution in [3.05, 3.63) is 34.8 Å². The van der Waals surface area contributed by atoms with Gasteiger partial charge in [-0.1, -0.05) is 13.8 Å². The lowest BCUT2D eigenvalue weighted by Crippen LogP contribution is -2.46. The van der Waals surface area contributed by atoms with E-state index in [0.717, 1.165) is 39.7 Å². The number of hydrogen-bond acceptors (Lipinski definition) is 5. The Morgan fingerprint density at radius 1 is 1.31 bits per heavy atom. The molecule has 5 nitrogen and oxygen atoms in total. The molecule has 1 unspecified atom stereocenters. The Morgan fingerprint density at radius 3 is 2.42 bits per heavy atom. The van der Waals surface area contributed by atoms with Crippen molar-refractivity contribution in [3.63, 3.8) is 0 Å². The zero-order chi connectivity index (χ0) is 19.3. The minimum absolute atomic E-state index is 0.0243. The number of thiazole rings is 1. The fourth-order valence-corrected chi connectivity index (χ4v) is 4.11. The van der Waals surface area contributed by atoms with E-state index in [1.165, 1.54) is 0 Å². The number of amides is 1. The maximum absolute atomic E-state index is 12.8. The van der Waals surface area contributed by atoms with E-state index in [1.54, 1.807) is 18.4 Å². The summed E-state index contributed by atoms with van der Waals surface area (Å²) in [6, 6.07) is 7.75. The van der Waals surface area contributed by atoms with Gasteiger partial charge in [0.05, 0.1) is 29.1 Å². The van der Waals surface area contributed by atoms with Crippen LogP contribution in [0.15, 0.2) is 24.3 Å². The number of nitrogens with zero attached hydrogens (tertiary/aromatic N) is 1. The van der Waals surface area contributed by atoms with Crippen LogP contribution in [0.2, 0.25) is 0 Å². The molecule has 0 aliphatic rings. The van der Waals surface area contributed by atoms with Gasteiger partial charge in [-0.3, -0.25) is 4.79 Å². The van der Waals surface area contributed by atoms with Crippen molar-refractivity contribution in [3.8, 4) is 16.3 Å². The van der Waals surface area contributed by atoms with Gasteiger partial charge in [0.15, 0.2) is 0 Å². The van der Waals surface area contributed by atoms with Gasteiger partial charge in [-0.2, -0.15) is 0 Å². The Kier molecular flexibility index (Phi) is 6.78. The second-order valence-corrected chi connectivity index (χ2v) is 7.61. The summed E-state index contributed by atoms with van der Waals surface area (Å²) in [6.45, 7) is 8.37. The van der Waals surface area contributed by atoms with Crippen molar-refractivity contribution in [2.24, 2.45) is 11.1 Å². The Hall–Kier alpha value is -1.92. The van der Waals surface area contributed by atoms with Crippen molar-refractivity contribution in [2.45, 2.75) is 46.6 Å². The molecule has 2 aromatic rings. The van der Waals surface area contributed by atoms with E-state index in [2.05, 4.69) is 10.3 Å². The van der Waals surface area contributed by atoms with Crippen LogP contribution in [-0.4, -0.2) is 24.5 Å². The lowest BCUT2D eigenvalue weighted by atomic mass is 9.81. The molecule has 0 saturated carbocycles. The normalized spacial score (nSPS) is 12.7. The molecular formula is C20H29N3O2S. The molecule has 3 N–H and O–H groups in total. The highest BCUT2D eigenvalue weighted by Crippen LogP contribution is 2.33. The van der Waals surface area contributed by atoms with Gasteiger partial charge in [0.2, 0.25) is 5.91 Å². The molecule has 0 radical (unpaired) electrons. The largest absolute Gasteiger partial charge is 0.497 e. The summed E-state index contributed by atoms with van der Waals surface area (Å²) in [6.07, 6.45) is 1.47. The van der Waals surface area contributed by atoms with E-state index in [-0.39, 0.29) is 11.9 Å². The number of nitrogens with one attached hydrogen (secondary N) is 1. The lowest BCUT2D eigenvalue weighted by molar-refractivity contribution is -0.131. The minimum atomic E-state index is -0.494. The van der Waals surface area contributed by atoms with E-state index in [0.29, 0.717) is 6.54 Å². The molecule has 0 fully saturated rings. The highest BCUT2D eigenvalue weighted by molar-refractivity contribution is 7.15. The van der Waals surface area contributed by atoms with E-state index in [1.807, 2.05) is 52.0 Å². The number of ether oxygens (including phenoxy) is 1. The number of aryl methyl sites for hydroxylation is 1. The highest BCUT2D eigenvalue weighted by Gasteiger charge is 2.34. The van der Waals surface area contributed by atoms with Crippen molar-refractivity contribution in [2.75, 3.05) is 13.7 Å². The van der Waals surface area contributed by atoms with Gasteiger partial charge in [-0.05, 0) is 51.0 Å². The Bertz CT molecular complexity index is 728. The number of carbonyl (C=O) groups is 1. The molecule has 2 rings (SSSR count). The zero-order valence-electron chi connectivity index (χ0n) is 16.3. The van der Waals surface area contributed by atoms with Gasteiger partial charge in [0, 0.05) is 12.1 Å². The first-order valence-corrected chi connectivity index (χ1v) is 9.85. The average molecular weight is 376 g/mol. The van der Waals surface area contributed by atoms with Gasteiger partial charge in [-0.15, -0.1) is 11.3 Å². The van der Waals surface area contributed by atoms with Crippen LogP contribution < -0.4 is 15.8 Å². The molecular weight excluding hydrogens is 346 g/mol.